The van der Waals surface area contributed by atoms with Gasteiger partial charge in [0.1, 0.15) is 11.9 Å². The number of benzene rings is 2. The van der Waals surface area contributed by atoms with Crippen LogP contribution < -0.4 is 10.2 Å². The van der Waals surface area contributed by atoms with Crippen molar-refractivity contribution in [1.29, 1.82) is 0 Å². The monoisotopic (exact) mass is 513 g/mol. The molecule has 1 aromatic heterocycles. The number of rotatable bonds is 10. The number of nitrogens with one attached hydrogen (secondary N) is 1. The molecular formula is C28H33ClFN3O3. The number of hydrogen-bond acceptors (Lipinski definition) is 5. The number of aryl methyl sites for hydroxylation is 1. The second-order valence-corrected chi connectivity index (χ2v) is 9.97. The third kappa shape index (κ3) is 5.97. The molecule has 36 heavy (non-hydrogen) atoms. The van der Waals surface area contributed by atoms with Crippen molar-refractivity contribution >= 4 is 28.4 Å². The summed E-state index contributed by atoms with van der Waals surface area (Å²) in [6.45, 7) is 2.41. The fraction of sp³-hybridized carbons (Fsp3) is 0.429. The van der Waals surface area contributed by atoms with E-state index in [4.69, 9.17) is 16.3 Å². The third-order valence-corrected chi connectivity index (χ3v) is 7.74. The molecule has 1 amide bonds. The quantitative estimate of drug-likeness (QED) is 0.260. The van der Waals surface area contributed by atoms with E-state index in [0.29, 0.717) is 41.5 Å². The summed E-state index contributed by atoms with van der Waals surface area (Å²) in [7, 11) is 1.55. The molecule has 1 aliphatic rings. The van der Waals surface area contributed by atoms with Crippen molar-refractivity contribution in [2.45, 2.75) is 44.7 Å². The molecule has 0 aliphatic carbocycles. The minimum absolute atomic E-state index is 0.109. The molecule has 192 valence electrons. The lowest BCUT2D eigenvalue weighted by Gasteiger charge is -2.40. The van der Waals surface area contributed by atoms with Crippen LogP contribution in [0, 0.1) is 5.41 Å². The number of likely N-dealkylation sites (tertiary alicyclic amines) is 1. The van der Waals surface area contributed by atoms with Gasteiger partial charge in [0.2, 0.25) is 5.91 Å². The minimum Gasteiger partial charge on any atom is -0.497 e. The van der Waals surface area contributed by atoms with Crippen molar-refractivity contribution in [3.63, 3.8) is 0 Å². The summed E-state index contributed by atoms with van der Waals surface area (Å²) in [5, 5.41) is 10.3. The van der Waals surface area contributed by atoms with E-state index in [1.165, 1.54) is 11.8 Å². The Balaban J connectivity index is 1.40. The molecule has 0 spiro atoms. The number of carbonyl (C=O) groups is 1. The van der Waals surface area contributed by atoms with Gasteiger partial charge in [-0.2, -0.15) is 0 Å². The van der Waals surface area contributed by atoms with Crippen LogP contribution in [0.5, 0.6) is 5.75 Å². The first-order chi connectivity index (χ1) is 17.5. The minimum atomic E-state index is -1.39. The fourth-order valence-electron chi connectivity index (χ4n) is 5.23. The first-order valence-corrected chi connectivity index (χ1v) is 12.8. The third-order valence-electron chi connectivity index (χ3n) is 7.44. The second kappa shape index (κ2) is 12.0. The van der Waals surface area contributed by atoms with Gasteiger partial charge < -0.3 is 9.64 Å². The molecule has 1 atom stereocenters. The van der Waals surface area contributed by atoms with Gasteiger partial charge in [0, 0.05) is 17.1 Å². The standard InChI is InChI=1S/C28H33ClFN3O3/c1-36-21-9-10-25-22(18-21)26(23(29)19-31-25)24(30)11-12-28(27(34)32-35)13-16-33(17-14-28)15-5-8-20-6-3-2-4-7-20/h2-4,6-7,9-10,18-19,24,35H,5,8,11-17H2,1H3,(H,32,34). The van der Waals surface area contributed by atoms with Gasteiger partial charge in [-0.05, 0) is 81.9 Å². The van der Waals surface area contributed by atoms with Crippen molar-refractivity contribution in [2.24, 2.45) is 5.41 Å². The van der Waals surface area contributed by atoms with Crippen molar-refractivity contribution < 1.29 is 19.1 Å². The first kappa shape index (κ1) is 26.3. The number of piperidine rings is 1. The molecule has 1 fully saturated rings. The Labute approximate surface area is 216 Å². The summed E-state index contributed by atoms with van der Waals surface area (Å²) in [4.78, 5) is 19.4. The Morgan fingerprint density at radius 3 is 2.69 bits per heavy atom. The molecule has 2 aromatic carbocycles. The van der Waals surface area contributed by atoms with Crippen LogP contribution >= 0.6 is 11.6 Å². The first-order valence-electron chi connectivity index (χ1n) is 12.4. The van der Waals surface area contributed by atoms with Gasteiger partial charge in [-0.25, -0.2) is 9.87 Å². The van der Waals surface area contributed by atoms with Gasteiger partial charge in [-0.3, -0.25) is 15.0 Å². The molecule has 3 aromatic rings. The zero-order valence-corrected chi connectivity index (χ0v) is 21.3. The number of amides is 1. The highest BCUT2D eigenvalue weighted by atomic mass is 35.5. The Kier molecular flexibility index (Phi) is 8.77. The molecule has 0 bridgehead atoms. The number of ether oxygens (including phenoxy) is 1. The summed E-state index contributed by atoms with van der Waals surface area (Å²) in [5.41, 5.74) is 3.33. The zero-order valence-electron chi connectivity index (χ0n) is 20.6. The van der Waals surface area contributed by atoms with Crippen LogP contribution in [0.2, 0.25) is 5.02 Å². The number of hydroxylamine groups is 1. The van der Waals surface area contributed by atoms with Crippen molar-refractivity contribution in [3.05, 3.63) is 70.9 Å². The fourth-order valence-corrected chi connectivity index (χ4v) is 5.49. The normalized spacial score (nSPS) is 16.6. The summed E-state index contributed by atoms with van der Waals surface area (Å²) in [6.07, 6.45) is 3.66. The maximum atomic E-state index is 15.7. The van der Waals surface area contributed by atoms with E-state index in [2.05, 4.69) is 34.1 Å². The maximum absolute atomic E-state index is 15.7. The highest BCUT2D eigenvalue weighted by Crippen LogP contribution is 2.42. The largest absolute Gasteiger partial charge is 0.497 e. The zero-order chi connectivity index (χ0) is 25.5. The van der Waals surface area contributed by atoms with Crippen molar-refractivity contribution in [2.75, 3.05) is 26.7 Å². The van der Waals surface area contributed by atoms with Gasteiger partial charge in [0.25, 0.3) is 0 Å². The van der Waals surface area contributed by atoms with Crippen LogP contribution in [0.25, 0.3) is 10.9 Å². The van der Waals surface area contributed by atoms with Crippen LogP contribution in [0.1, 0.15) is 49.4 Å². The highest BCUT2D eigenvalue weighted by Gasteiger charge is 2.41. The lowest BCUT2D eigenvalue weighted by molar-refractivity contribution is -0.143. The van der Waals surface area contributed by atoms with E-state index in [-0.39, 0.29) is 11.4 Å². The summed E-state index contributed by atoms with van der Waals surface area (Å²) in [6, 6.07) is 15.7. The molecule has 1 aliphatic heterocycles. The molecule has 2 heterocycles. The van der Waals surface area contributed by atoms with Crippen molar-refractivity contribution in [1.82, 2.24) is 15.4 Å². The number of hydrogen-bond donors (Lipinski definition) is 2. The van der Waals surface area contributed by atoms with Gasteiger partial charge >= 0.3 is 0 Å². The summed E-state index contributed by atoms with van der Waals surface area (Å²) in [5.74, 6) is 0.154. The second-order valence-electron chi connectivity index (χ2n) is 9.56. The number of methoxy groups -OCH3 is 1. The molecule has 1 saturated heterocycles. The number of alkyl halides is 1. The average molecular weight is 514 g/mol. The summed E-state index contributed by atoms with van der Waals surface area (Å²) >= 11 is 6.38. The number of fused-ring (bicyclic) bond motifs is 1. The Hall–Kier alpha value is -2.74. The van der Waals surface area contributed by atoms with E-state index in [9.17, 15) is 10.0 Å². The van der Waals surface area contributed by atoms with Crippen LogP contribution in [-0.4, -0.2) is 47.7 Å². The topological polar surface area (TPSA) is 74.7 Å². The molecule has 6 nitrogen and oxygen atoms in total. The Bertz CT molecular complexity index is 1170. The Morgan fingerprint density at radius 1 is 1.25 bits per heavy atom. The van der Waals surface area contributed by atoms with Crippen LogP contribution in [-0.2, 0) is 11.2 Å². The van der Waals surface area contributed by atoms with Gasteiger partial charge in [-0.15, -0.1) is 0 Å². The predicted molar refractivity (Wildman–Crippen MR) is 139 cm³/mol. The average Bonchev–Trinajstić information content (AvgIpc) is 2.92. The molecular weight excluding hydrogens is 481 g/mol. The maximum Gasteiger partial charge on any atom is 0.249 e. The summed E-state index contributed by atoms with van der Waals surface area (Å²) < 4.78 is 21.0. The molecule has 8 heteroatoms. The molecule has 4 rings (SSSR count). The van der Waals surface area contributed by atoms with Gasteiger partial charge in [0.05, 0.1) is 23.1 Å². The van der Waals surface area contributed by atoms with Gasteiger partial charge in [0.15, 0.2) is 0 Å². The van der Waals surface area contributed by atoms with Crippen LogP contribution in [0.4, 0.5) is 4.39 Å². The SMILES string of the molecule is COc1ccc2ncc(Cl)c(C(F)CCC3(C(=O)NO)CCN(CCCc4ccccc4)CC3)c2c1. The molecule has 1 unspecified atom stereocenters. The van der Waals surface area contributed by atoms with Crippen LogP contribution in [0.3, 0.4) is 0 Å². The number of nitrogens with zero attached hydrogens (tertiary/aromatic N) is 2. The number of pyridine rings is 1. The lowest BCUT2D eigenvalue weighted by atomic mass is 9.73. The van der Waals surface area contributed by atoms with E-state index >= 15 is 4.39 Å². The highest BCUT2D eigenvalue weighted by molar-refractivity contribution is 6.32. The number of carbonyl (C=O) groups excluding carboxylic acids is 1. The smallest absolute Gasteiger partial charge is 0.249 e. The van der Waals surface area contributed by atoms with E-state index < -0.39 is 17.5 Å². The van der Waals surface area contributed by atoms with Crippen LogP contribution in [0.15, 0.2) is 54.7 Å². The lowest BCUT2D eigenvalue weighted by Crippen LogP contribution is -2.48. The molecule has 0 saturated carbocycles. The van der Waals surface area contributed by atoms with E-state index in [1.54, 1.807) is 25.3 Å². The van der Waals surface area contributed by atoms with Crippen molar-refractivity contribution in [3.8, 4) is 5.75 Å². The molecule has 2 N–H and O–H groups in total. The number of aromatic nitrogens is 1. The predicted octanol–water partition coefficient (Wildman–Crippen LogP) is 5.91. The van der Waals surface area contributed by atoms with E-state index in [1.807, 2.05) is 11.5 Å². The molecule has 0 radical (unpaired) electrons. The van der Waals surface area contributed by atoms with E-state index in [0.717, 1.165) is 32.5 Å². The Morgan fingerprint density at radius 2 is 2.00 bits per heavy atom. The number of halogens is 2. The van der Waals surface area contributed by atoms with Gasteiger partial charge in [-0.1, -0.05) is 41.9 Å².